The summed E-state index contributed by atoms with van der Waals surface area (Å²) in [6, 6.07) is 9.14. The highest BCUT2D eigenvalue weighted by atomic mass is 32.1. The molecule has 0 radical (unpaired) electrons. The minimum absolute atomic E-state index is 0.264. The average Bonchev–Trinajstić information content (AvgIpc) is 3.28. The zero-order valence-corrected chi connectivity index (χ0v) is 14.5. The number of hydrogen-bond acceptors (Lipinski definition) is 5. The lowest BCUT2D eigenvalue weighted by Gasteiger charge is -2.09. The Morgan fingerprint density at radius 3 is 2.63 bits per heavy atom. The smallest absolute Gasteiger partial charge is 0.406 e. The van der Waals surface area contributed by atoms with Gasteiger partial charge in [0.2, 0.25) is 0 Å². The van der Waals surface area contributed by atoms with Gasteiger partial charge in [-0.2, -0.15) is 5.10 Å². The zero-order chi connectivity index (χ0) is 19.4. The molecule has 0 atom stereocenters. The topological polar surface area (TPSA) is 76.4 Å². The number of amides is 1. The third kappa shape index (κ3) is 4.86. The van der Waals surface area contributed by atoms with E-state index < -0.39 is 12.3 Å². The molecule has 2 N–H and O–H groups in total. The van der Waals surface area contributed by atoms with Gasteiger partial charge in [-0.25, -0.2) is 5.48 Å². The summed E-state index contributed by atoms with van der Waals surface area (Å²) in [6.07, 6.45) is -2.41. The quantitative estimate of drug-likeness (QED) is 0.489. The van der Waals surface area contributed by atoms with Gasteiger partial charge in [0.1, 0.15) is 10.6 Å². The van der Waals surface area contributed by atoms with Crippen molar-refractivity contribution < 1.29 is 27.9 Å². The Bertz CT molecular complexity index is 919. The van der Waals surface area contributed by atoms with Crippen LogP contribution >= 0.6 is 11.3 Å². The van der Waals surface area contributed by atoms with Gasteiger partial charge >= 0.3 is 6.36 Å². The van der Waals surface area contributed by atoms with Crippen LogP contribution in [0.25, 0.3) is 11.3 Å². The van der Waals surface area contributed by atoms with Crippen molar-refractivity contribution >= 4 is 17.2 Å². The van der Waals surface area contributed by atoms with E-state index in [1.165, 1.54) is 23.5 Å². The van der Waals surface area contributed by atoms with Gasteiger partial charge in [-0.3, -0.25) is 14.7 Å². The second-order valence-electron chi connectivity index (χ2n) is 5.51. The lowest BCUT2D eigenvalue weighted by molar-refractivity contribution is -0.274. The summed E-state index contributed by atoms with van der Waals surface area (Å²) in [6.45, 7) is 0.505. The minimum Gasteiger partial charge on any atom is -0.406 e. The van der Waals surface area contributed by atoms with Crippen LogP contribution in [-0.2, 0) is 13.0 Å². The number of carbonyl (C=O) groups is 1. The van der Waals surface area contributed by atoms with Gasteiger partial charge in [0.15, 0.2) is 0 Å². The molecule has 3 aromatic rings. The molecule has 0 spiro atoms. The molecule has 2 aromatic heterocycles. The van der Waals surface area contributed by atoms with E-state index >= 15 is 0 Å². The van der Waals surface area contributed by atoms with Crippen LogP contribution in [0.15, 0.2) is 48.0 Å². The summed E-state index contributed by atoms with van der Waals surface area (Å²) in [4.78, 5) is 12.0. The lowest BCUT2D eigenvalue weighted by Crippen LogP contribution is -2.17. The van der Waals surface area contributed by atoms with E-state index in [2.05, 4.69) is 9.84 Å². The van der Waals surface area contributed by atoms with E-state index in [1.807, 2.05) is 0 Å². The Morgan fingerprint density at radius 2 is 1.96 bits per heavy atom. The van der Waals surface area contributed by atoms with Crippen LogP contribution in [-0.4, -0.2) is 27.3 Å². The van der Waals surface area contributed by atoms with Crippen molar-refractivity contribution in [3.05, 3.63) is 58.4 Å². The number of alkyl halides is 3. The van der Waals surface area contributed by atoms with Crippen LogP contribution < -0.4 is 10.2 Å². The number of nitrogens with zero attached hydrogens (tertiary/aromatic N) is 2. The van der Waals surface area contributed by atoms with Crippen molar-refractivity contribution in [2.24, 2.45) is 0 Å². The molecule has 6 nitrogen and oxygen atoms in total. The van der Waals surface area contributed by atoms with Crippen molar-refractivity contribution in [3.8, 4) is 17.0 Å². The van der Waals surface area contributed by atoms with E-state index in [-0.39, 0.29) is 5.75 Å². The van der Waals surface area contributed by atoms with Gasteiger partial charge in [-0.15, -0.1) is 24.5 Å². The van der Waals surface area contributed by atoms with E-state index in [0.29, 0.717) is 29.1 Å². The first-order chi connectivity index (χ1) is 12.9. The molecule has 0 aliphatic heterocycles. The molecule has 1 amide bonds. The van der Waals surface area contributed by atoms with Crippen molar-refractivity contribution in [1.29, 1.82) is 0 Å². The van der Waals surface area contributed by atoms with Crippen LogP contribution in [0.1, 0.15) is 15.2 Å². The number of carbonyl (C=O) groups excluding carboxylic acids is 1. The number of ether oxygens (including phenoxy) is 1. The number of aryl methyl sites for hydroxylation is 2. The fourth-order valence-corrected chi connectivity index (χ4v) is 3.26. The summed E-state index contributed by atoms with van der Waals surface area (Å²) in [7, 11) is 0. The number of hydrogen-bond donors (Lipinski definition) is 2. The lowest BCUT2D eigenvalue weighted by atomic mass is 10.1. The second kappa shape index (κ2) is 7.80. The fraction of sp³-hybridized carbons (Fsp3) is 0.176. The number of aromatic nitrogens is 2. The third-order valence-corrected chi connectivity index (χ3v) is 4.59. The van der Waals surface area contributed by atoms with E-state index in [1.54, 1.807) is 46.0 Å². The van der Waals surface area contributed by atoms with Crippen LogP contribution in [0.4, 0.5) is 13.2 Å². The molecule has 0 bridgehead atoms. The maximum absolute atomic E-state index is 12.2. The third-order valence-electron chi connectivity index (χ3n) is 3.68. The summed E-state index contributed by atoms with van der Waals surface area (Å²) < 4.78 is 42.0. The first kappa shape index (κ1) is 18.9. The number of thiophene rings is 1. The zero-order valence-electron chi connectivity index (χ0n) is 13.7. The predicted octanol–water partition coefficient (Wildman–Crippen LogP) is 3.87. The number of benzene rings is 1. The molecule has 142 valence electrons. The maximum Gasteiger partial charge on any atom is 0.573 e. The molecular formula is C17H14F3N3O3S. The van der Waals surface area contributed by atoms with E-state index in [4.69, 9.17) is 5.21 Å². The Hall–Kier alpha value is -2.85. The number of halogens is 3. The normalized spacial score (nSPS) is 11.4. The van der Waals surface area contributed by atoms with E-state index in [9.17, 15) is 18.0 Å². The van der Waals surface area contributed by atoms with Gasteiger partial charge in [-0.05, 0) is 41.6 Å². The van der Waals surface area contributed by atoms with Gasteiger partial charge in [0.25, 0.3) is 5.91 Å². The Kier molecular flexibility index (Phi) is 5.47. The highest BCUT2D eigenvalue weighted by molar-refractivity contribution is 7.12. The van der Waals surface area contributed by atoms with Gasteiger partial charge in [0.05, 0.1) is 5.69 Å². The van der Waals surface area contributed by atoms with Crippen LogP contribution in [0.3, 0.4) is 0 Å². The van der Waals surface area contributed by atoms with Gasteiger partial charge in [-0.1, -0.05) is 12.1 Å². The van der Waals surface area contributed by atoms with Crippen molar-refractivity contribution in [1.82, 2.24) is 15.3 Å². The number of rotatable bonds is 6. The predicted molar refractivity (Wildman–Crippen MR) is 91.6 cm³/mol. The summed E-state index contributed by atoms with van der Waals surface area (Å²) in [5, 5.41) is 14.9. The number of hydroxylamine groups is 1. The molecule has 27 heavy (non-hydrogen) atoms. The summed E-state index contributed by atoms with van der Waals surface area (Å²) in [5.41, 5.74) is 3.63. The largest absolute Gasteiger partial charge is 0.573 e. The molecule has 0 saturated carbocycles. The van der Waals surface area contributed by atoms with E-state index in [0.717, 1.165) is 5.56 Å². The molecule has 10 heteroatoms. The highest BCUT2D eigenvalue weighted by Crippen LogP contribution is 2.27. The fourth-order valence-electron chi connectivity index (χ4n) is 2.47. The summed E-state index contributed by atoms with van der Waals surface area (Å²) >= 11 is 1.19. The van der Waals surface area contributed by atoms with Crippen LogP contribution in [0, 0.1) is 0 Å². The molecule has 0 aliphatic rings. The van der Waals surface area contributed by atoms with Crippen molar-refractivity contribution in [3.63, 3.8) is 0 Å². The first-order valence-corrected chi connectivity index (χ1v) is 8.64. The summed E-state index contributed by atoms with van der Waals surface area (Å²) in [5.74, 6) is -0.865. The standard InChI is InChI=1S/C17H14F3N3O3S/c18-17(19,20)26-12-3-1-11(2-4-12)5-8-23-9-6-14(21-23)13-7-10-27-15(13)16(24)22-25/h1-4,6-7,9-10,25H,5,8H2,(H,22,24). The van der Waals surface area contributed by atoms with Gasteiger partial charge < -0.3 is 4.74 Å². The molecule has 1 aromatic carbocycles. The molecule has 2 heterocycles. The Morgan fingerprint density at radius 1 is 1.22 bits per heavy atom. The molecule has 0 aliphatic carbocycles. The highest BCUT2D eigenvalue weighted by Gasteiger charge is 2.30. The Balaban J connectivity index is 1.63. The molecule has 3 rings (SSSR count). The second-order valence-corrected chi connectivity index (χ2v) is 6.43. The maximum atomic E-state index is 12.2. The SMILES string of the molecule is O=C(NO)c1sccc1-c1ccn(CCc2ccc(OC(F)(F)F)cc2)n1. The molecule has 0 unspecified atom stereocenters. The molecular weight excluding hydrogens is 383 g/mol. The van der Waals surface area contributed by atoms with Crippen LogP contribution in [0.5, 0.6) is 5.75 Å². The first-order valence-electron chi connectivity index (χ1n) is 7.76. The monoisotopic (exact) mass is 397 g/mol. The van der Waals surface area contributed by atoms with Crippen LogP contribution in [0.2, 0.25) is 0 Å². The Labute approximate surface area is 155 Å². The van der Waals surface area contributed by atoms with Gasteiger partial charge in [0, 0.05) is 18.3 Å². The number of nitrogens with one attached hydrogen (secondary N) is 1. The molecule has 0 saturated heterocycles. The van der Waals surface area contributed by atoms with Crippen molar-refractivity contribution in [2.75, 3.05) is 0 Å². The van der Waals surface area contributed by atoms with Crippen molar-refractivity contribution in [2.45, 2.75) is 19.3 Å². The molecule has 0 fully saturated rings. The average molecular weight is 397 g/mol. The minimum atomic E-state index is -4.71.